The molecule has 110 valence electrons. The third-order valence-corrected chi connectivity index (χ3v) is 5.21. The lowest BCUT2D eigenvalue weighted by Crippen LogP contribution is -2.42. The smallest absolute Gasteiger partial charge is 0.320 e. The first kappa shape index (κ1) is 13.9. The molecule has 0 bridgehead atoms. The van der Waals surface area contributed by atoms with Gasteiger partial charge in [-0.05, 0) is 25.2 Å². The number of aromatic nitrogens is 2. The number of hydrogen-bond acceptors (Lipinski definition) is 3. The molecular formula is C14H20ClN3O2. The lowest BCUT2D eigenvalue weighted by molar-refractivity contribution is -0.143. The molecule has 1 aliphatic heterocycles. The van der Waals surface area contributed by atoms with Crippen LogP contribution in [0.1, 0.15) is 37.9 Å². The molecule has 0 spiro atoms. The Hall–Kier alpha value is -1.07. The number of rotatable bonds is 3. The summed E-state index contributed by atoms with van der Waals surface area (Å²) in [6.07, 6.45) is 7.10. The van der Waals surface area contributed by atoms with Gasteiger partial charge in [0.1, 0.15) is 17.0 Å². The zero-order chi connectivity index (χ0) is 14.3. The molecule has 2 aliphatic rings. The molecule has 0 unspecified atom stereocenters. The Morgan fingerprint density at radius 2 is 2.25 bits per heavy atom. The van der Waals surface area contributed by atoms with Gasteiger partial charge >= 0.3 is 5.97 Å². The number of halogens is 1. The Balaban J connectivity index is 1.84. The first-order valence-corrected chi connectivity index (χ1v) is 7.60. The van der Waals surface area contributed by atoms with Crippen LogP contribution in [0.2, 0.25) is 5.15 Å². The van der Waals surface area contributed by atoms with Crippen LogP contribution in [0.25, 0.3) is 0 Å². The van der Waals surface area contributed by atoms with Crippen LogP contribution in [0, 0.1) is 5.92 Å². The second kappa shape index (κ2) is 5.37. The second-order valence-electron chi connectivity index (χ2n) is 5.93. The van der Waals surface area contributed by atoms with Crippen molar-refractivity contribution >= 4 is 17.6 Å². The van der Waals surface area contributed by atoms with Crippen LogP contribution < -0.4 is 0 Å². The summed E-state index contributed by atoms with van der Waals surface area (Å²) >= 11 is 6.02. The van der Waals surface area contributed by atoms with E-state index < -0.39 is 5.97 Å². The normalized spacial score (nSPS) is 30.4. The fourth-order valence-electron chi connectivity index (χ4n) is 3.76. The number of fused-ring (bicyclic) bond motifs is 1. The highest BCUT2D eigenvalue weighted by Gasteiger charge is 2.45. The van der Waals surface area contributed by atoms with E-state index in [-0.39, 0.29) is 6.04 Å². The van der Waals surface area contributed by atoms with Gasteiger partial charge in [-0.1, -0.05) is 24.4 Å². The molecule has 1 N–H and O–H groups in total. The minimum absolute atomic E-state index is 0.376. The largest absolute Gasteiger partial charge is 0.480 e. The van der Waals surface area contributed by atoms with Crippen molar-refractivity contribution in [2.75, 3.05) is 0 Å². The van der Waals surface area contributed by atoms with Gasteiger partial charge in [-0.25, -0.2) is 4.98 Å². The molecule has 3 atom stereocenters. The van der Waals surface area contributed by atoms with E-state index in [0.717, 1.165) is 25.1 Å². The predicted molar refractivity (Wildman–Crippen MR) is 75.5 cm³/mol. The van der Waals surface area contributed by atoms with E-state index in [1.54, 1.807) is 6.20 Å². The molecule has 1 aliphatic carbocycles. The van der Waals surface area contributed by atoms with E-state index in [4.69, 9.17) is 11.6 Å². The molecule has 1 aromatic heterocycles. The number of imidazole rings is 1. The van der Waals surface area contributed by atoms with Crippen LogP contribution in [-0.2, 0) is 18.4 Å². The molecule has 2 heterocycles. The summed E-state index contributed by atoms with van der Waals surface area (Å²) in [5, 5.41) is 10.1. The highest BCUT2D eigenvalue weighted by molar-refractivity contribution is 6.29. The van der Waals surface area contributed by atoms with Crippen LogP contribution in [0.15, 0.2) is 6.20 Å². The average molecular weight is 298 g/mol. The third kappa shape index (κ3) is 2.33. The summed E-state index contributed by atoms with van der Waals surface area (Å²) in [6.45, 7) is 0.571. The number of nitrogens with zero attached hydrogens (tertiary/aromatic N) is 3. The summed E-state index contributed by atoms with van der Waals surface area (Å²) in [7, 11) is 1.87. The fraction of sp³-hybridized carbons (Fsp3) is 0.714. The SMILES string of the molecule is Cn1c(Cl)cnc1CN1[C@@H]2CCCC[C@@H]2C[C@H]1C(=O)O. The van der Waals surface area contributed by atoms with E-state index in [0.29, 0.717) is 23.7 Å². The maximum Gasteiger partial charge on any atom is 0.320 e. The van der Waals surface area contributed by atoms with E-state index in [1.165, 1.54) is 12.8 Å². The number of carbonyl (C=O) groups is 1. The van der Waals surface area contributed by atoms with Crippen molar-refractivity contribution in [1.82, 2.24) is 14.5 Å². The monoisotopic (exact) mass is 297 g/mol. The molecule has 1 aromatic rings. The van der Waals surface area contributed by atoms with Gasteiger partial charge in [0.15, 0.2) is 0 Å². The summed E-state index contributed by atoms with van der Waals surface area (Å²) in [6, 6.07) is 0.0129. The molecular weight excluding hydrogens is 278 g/mol. The topological polar surface area (TPSA) is 58.4 Å². The van der Waals surface area contributed by atoms with Crippen molar-refractivity contribution in [3.8, 4) is 0 Å². The van der Waals surface area contributed by atoms with Gasteiger partial charge in [0.25, 0.3) is 0 Å². The maximum absolute atomic E-state index is 11.5. The zero-order valence-corrected chi connectivity index (χ0v) is 12.4. The Kier molecular flexibility index (Phi) is 3.73. The van der Waals surface area contributed by atoms with E-state index >= 15 is 0 Å². The molecule has 1 saturated heterocycles. The second-order valence-corrected chi connectivity index (χ2v) is 6.32. The van der Waals surface area contributed by atoms with Gasteiger partial charge in [-0.3, -0.25) is 9.69 Å². The van der Waals surface area contributed by atoms with Crippen molar-refractivity contribution in [1.29, 1.82) is 0 Å². The number of carboxylic acid groups (broad SMARTS) is 1. The average Bonchev–Trinajstić information content (AvgIpc) is 2.95. The first-order chi connectivity index (χ1) is 9.58. The Bertz CT molecular complexity index is 517. The minimum Gasteiger partial charge on any atom is -0.480 e. The quantitative estimate of drug-likeness (QED) is 0.930. The predicted octanol–water partition coefficient (Wildman–Crippen LogP) is 2.29. The Labute approximate surface area is 123 Å². The van der Waals surface area contributed by atoms with Gasteiger partial charge in [-0.15, -0.1) is 0 Å². The van der Waals surface area contributed by atoms with E-state index in [2.05, 4.69) is 9.88 Å². The minimum atomic E-state index is -0.709. The molecule has 0 amide bonds. The molecule has 5 nitrogen and oxygen atoms in total. The zero-order valence-electron chi connectivity index (χ0n) is 11.6. The van der Waals surface area contributed by atoms with Crippen molar-refractivity contribution < 1.29 is 9.90 Å². The molecule has 2 fully saturated rings. The van der Waals surface area contributed by atoms with Gasteiger partial charge in [0, 0.05) is 13.1 Å². The van der Waals surface area contributed by atoms with Gasteiger partial charge in [-0.2, -0.15) is 0 Å². The highest BCUT2D eigenvalue weighted by atomic mass is 35.5. The fourth-order valence-corrected chi connectivity index (χ4v) is 3.90. The van der Waals surface area contributed by atoms with Gasteiger partial charge < -0.3 is 9.67 Å². The molecule has 20 heavy (non-hydrogen) atoms. The van der Waals surface area contributed by atoms with Crippen LogP contribution in [0.5, 0.6) is 0 Å². The van der Waals surface area contributed by atoms with E-state index in [1.807, 2.05) is 11.6 Å². The van der Waals surface area contributed by atoms with Crippen LogP contribution in [-0.4, -0.2) is 37.6 Å². The summed E-state index contributed by atoms with van der Waals surface area (Å²) in [5.74, 6) is 0.660. The molecule has 6 heteroatoms. The highest BCUT2D eigenvalue weighted by Crippen LogP contribution is 2.40. The third-order valence-electron chi connectivity index (χ3n) is 4.86. The Morgan fingerprint density at radius 1 is 1.50 bits per heavy atom. The van der Waals surface area contributed by atoms with Crippen LogP contribution in [0.3, 0.4) is 0 Å². The lowest BCUT2D eigenvalue weighted by atomic mass is 9.85. The van der Waals surface area contributed by atoms with Crippen molar-refractivity contribution in [3.63, 3.8) is 0 Å². The van der Waals surface area contributed by atoms with Crippen molar-refractivity contribution in [3.05, 3.63) is 17.2 Å². The summed E-state index contributed by atoms with van der Waals surface area (Å²) in [4.78, 5) is 18.0. The molecule has 0 aromatic carbocycles. The van der Waals surface area contributed by atoms with Crippen LogP contribution >= 0.6 is 11.6 Å². The van der Waals surface area contributed by atoms with Gasteiger partial charge in [0.2, 0.25) is 0 Å². The standard InChI is InChI=1S/C14H20ClN3O2/c1-17-12(15)7-16-13(17)8-18-10-5-3-2-4-9(10)6-11(18)14(19)20/h7,9-11H,2-6,8H2,1H3,(H,19,20)/t9-,10-,11+/m1/s1. The van der Waals surface area contributed by atoms with Crippen molar-refractivity contribution in [2.24, 2.45) is 13.0 Å². The molecule has 1 saturated carbocycles. The van der Waals surface area contributed by atoms with Crippen LogP contribution in [0.4, 0.5) is 0 Å². The summed E-state index contributed by atoms with van der Waals surface area (Å²) < 4.78 is 1.83. The number of hydrogen-bond donors (Lipinski definition) is 1. The number of likely N-dealkylation sites (tertiary alicyclic amines) is 1. The van der Waals surface area contributed by atoms with E-state index in [9.17, 15) is 9.90 Å². The summed E-state index contributed by atoms with van der Waals surface area (Å²) in [5.41, 5.74) is 0. The molecule has 0 radical (unpaired) electrons. The van der Waals surface area contributed by atoms with Gasteiger partial charge in [0.05, 0.1) is 12.7 Å². The van der Waals surface area contributed by atoms with Crippen molar-refractivity contribution in [2.45, 2.75) is 50.7 Å². The Morgan fingerprint density at radius 3 is 2.90 bits per heavy atom. The maximum atomic E-state index is 11.5. The first-order valence-electron chi connectivity index (χ1n) is 7.22. The number of carboxylic acids is 1. The lowest BCUT2D eigenvalue weighted by Gasteiger charge is -2.32. The number of aliphatic carboxylic acids is 1. The molecule has 3 rings (SSSR count).